The Hall–Kier alpha value is -1.01. The highest BCUT2D eigenvalue weighted by molar-refractivity contribution is 6.53. The molecule has 1 N–H and O–H groups in total. The monoisotopic (exact) mass is 380 g/mol. The van der Waals surface area contributed by atoms with E-state index in [9.17, 15) is 14.4 Å². The van der Waals surface area contributed by atoms with Crippen molar-refractivity contribution in [3.8, 4) is 0 Å². The van der Waals surface area contributed by atoms with E-state index < -0.39 is 17.9 Å². The van der Waals surface area contributed by atoms with Crippen molar-refractivity contribution in [1.29, 1.82) is 0 Å². The van der Waals surface area contributed by atoms with Crippen LogP contribution in [0.25, 0.3) is 0 Å². The molecule has 2 aliphatic rings. The topological polar surface area (TPSA) is 66.5 Å². The Labute approximate surface area is 145 Å². The summed E-state index contributed by atoms with van der Waals surface area (Å²) in [5, 5.41) is 2.46. The number of halogens is 4. The summed E-state index contributed by atoms with van der Waals surface area (Å²) >= 11 is 24.2. The molecular weight excluding hydrogens is 374 g/mol. The molecule has 2 aliphatic heterocycles. The summed E-state index contributed by atoms with van der Waals surface area (Å²) in [7, 11) is 0. The molecular formula is C13H8Cl4N2O3. The fourth-order valence-electron chi connectivity index (χ4n) is 2.67. The van der Waals surface area contributed by atoms with E-state index in [2.05, 4.69) is 5.32 Å². The highest BCUT2D eigenvalue weighted by Crippen LogP contribution is 2.45. The number of amides is 3. The van der Waals surface area contributed by atoms with E-state index in [0.29, 0.717) is 5.56 Å². The first-order valence-electron chi connectivity index (χ1n) is 6.32. The summed E-state index contributed by atoms with van der Waals surface area (Å²) in [5.41, 5.74) is 0.599. The number of rotatable bonds is 1. The fraction of sp³-hybridized carbons (Fsp3) is 0.308. The Morgan fingerprint density at radius 3 is 2.23 bits per heavy atom. The third-order valence-corrected chi connectivity index (χ3v) is 5.60. The Balaban J connectivity index is 2.02. The molecule has 1 atom stereocenters. The average Bonchev–Trinajstić information content (AvgIpc) is 2.81. The second kappa shape index (κ2) is 5.57. The Morgan fingerprint density at radius 1 is 0.955 bits per heavy atom. The van der Waals surface area contributed by atoms with Gasteiger partial charge in [-0.05, 0) is 6.42 Å². The molecule has 1 saturated heterocycles. The zero-order chi connectivity index (χ0) is 16.2. The summed E-state index contributed by atoms with van der Waals surface area (Å²) in [4.78, 5) is 37.1. The van der Waals surface area contributed by atoms with Gasteiger partial charge in [-0.3, -0.25) is 19.7 Å². The van der Waals surface area contributed by atoms with Crippen molar-refractivity contribution in [2.45, 2.75) is 25.4 Å². The van der Waals surface area contributed by atoms with Crippen LogP contribution in [0.1, 0.15) is 28.8 Å². The van der Waals surface area contributed by atoms with Crippen LogP contribution in [0.2, 0.25) is 20.1 Å². The van der Waals surface area contributed by atoms with E-state index in [1.165, 1.54) is 4.90 Å². The van der Waals surface area contributed by atoms with Gasteiger partial charge in [0.1, 0.15) is 6.04 Å². The van der Waals surface area contributed by atoms with Gasteiger partial charge in [0.2, 0.25) is 11.8 Å². The van der Waals surface area contributed by atoms with E-state index in [4.69, 9.17) is 46.4 Å². The summed E-state index contributed by atoms with van der Waals surface area (Å²) < 4.78 is 0. The maximum atomic E-state index is 12.6. The van der Waals surface area contributed by atoms with Gasteiger partial charge in [0.25, 0.3) is 5.91 Å². The van der Waals surface area contributed by atoms with E-state index in [0.717, 1.165) is 0 Å². The number of benzene rings is 1. The Bertz CT molecular complexity index is 735. The molecule has 0 bridgehead atoms. The molecule has 2 heterocycles. The molecule has 1 fully saturated rings. The largest absolute Gasteiger partial charge is 0.322 e. The maximum absolute atomic E-state index is 12.6. The third-order valence-electron chi connectivity index (χ3n) is 3.75. The van der Waals surface area contributed by atoms with Crippen LogP contribution in [0.3, 0.4) is 0 Å². The van der Waals surface area contributed by atoms with Crippen molar-refractivity contribution in [2.75, 3.05) is 0 Å². The summed E-state index contributed by atoms with van der Waals surface area (Å²) in [6, 6.07) is -0.748. The molecule has 1 aromatic carbocycles. The highest BCUT2D eigenvalue weighted by atomic mass is 35.5. The fourth-order valence-corrected chi connectivity index (χ4v) is 3.70. The molecule has 0 saturated carbocycles. The van der Waals surface area contributed by atoms with Gasteiger partial charge in [-0.2, -0.15) is 0 Å². The molecule has 3 rings (SSSR count). The van der Waals surface area contributed by atoms with Crippen LogP contribution >= 0.6 is 46.4 Å². The van der Waals surface area contributed by atoms with Crippen LogP contribution in [-0.2, 0) is 16.1 Å². The number of carbonyl (C=O) groups is 3. The van der Waals surface area contributed by atoms with Gasteiger partial charge < -0.3 is 4.90 Å². The number of imide groups is 1. The average molecular weight is 382 g/mol. The predicted molar refractivity (Wildman–Crippen MR) is 82.5 cm³/mol. The first kappa shape index (κ1) is 15.9. The van der Waals surface area contributed by atoms with Crippen LogP contribution in [0.5, 0.6) is 0 Å². The normalized spacial score (nSPS) is 21.2. The summed E-state index contributed by atoms with van der Waals surface area (Å²) in [5.74, 6) is -1.32. The molecule has 116 valence electrons. The lowest BCUT2D eigenvalue weighted by Gasteiger charge is -2.29. The van der Waals surface area contributed by atoms with Gasteiger partial charge in [0.05, 0.1) is 25.7 Å². The van der Waals surface area contributed by atoms with Crippen LogP contribution in [-0.4, -0.2) is 28.7 Å². The third kappa shape index (κ3) is 2.27. The maximum Gasteiger partial charge on any atom is 0.256 e. The lowest BCUT2D eigenvalue weighted by molar-refractivity contribution is -0.136. The minimum atomic E-state index is -0.748. The van der Waals surface area contributed by atoms with Crippen molar-refractivity contribution in [2.24, 2.45) is 0 Å². The predicted octanol–water partition coefficient (Wildman–Crippen LogP) is 3.06. The SMILES string of the molecule is O=C1CCC(N2Cc3c(Cl)c(Cl)c(Cl)c(Cl)c3C2=O)C(=O)N1. The molecule has 3 amide bonds. The highest BCUT2D eigenvalue weighted by Gasteiger charge is 2.42. The molecule has 22 heavy (non-hydrogen) atoms. The Kier molecular flexibility index (Phi) is 4.01. The van der Waals surface area contributed by atoms with E-state index in [1.54, 1.807) is 0 Å². The standard InChI is InChI=1S/C13H8Cl4N2O3/c14-8-4-3-19(5-1-2-6(20)18-12(5)21)13(22)7(4)9(15)11(17)10(8)16/h5H,1-3H2,(H,18,20,21). The van der Waals surface area contributed by atoms with Crippen molar-refractivity contribution >= 4 is 64.1 Å². The molecule has 1 unspecified atom stereocenters. The molecule has 0 aliphatic carbocycles. The van der Waals surface area contributed by atoms with Gasteiger partial charge >= 0.3 is 0 Å². The number of hydrogen-bond acceptors (Lipinski definition) is 3. The molecule has 9 heteroatoms. The molecule has 0 radical (unpaired) electrons. The molecule has 5 nitrogen and oxygen atoms in total. The Morgan fingerprint density at radius 2 is 1.59 bits per heavy atom. The van der Waals surface area contributed by atoms with Crippen molar-refractivity contribution in [3.05, 3.63) is 31.2 Å². The lowest BCUT2D eigenvalue weighted by Crippen LogP contribution is -2.52. The number of fused-ring (bicyclic) bond motifs is 1. The first-order chi connectivity index (χ1) is 10.3. The lowest BCUT2D eigenvalue weighted by atomic mass is 10.0. The second-order valence-electron chi connectivity index (χ2n) is 5.01. The molecule has 0 aromatic heterocycles. The molecule has 0 spiro atoms. The molecule has 1 aromatic rings. The van der Waals surface area contributed by atoms with Crippen LogP contribution in [0, 0.1) is 0 Å². The minimum absolute atomic E-state index is 0.00515. The van der Waals surface area contributed by atoms with Gasteiger partial charge in [-0.15, -0.1) is 0 Å². The summed E-state index contributed by atoms with van der Waals surface area (Å²) in [6.07, 6.45) is 0.417. The zero-order valence-electron chi connectivity index (χ0n) is 10.9. The van der Waals surface area contributed by atoms with Crippen molar-refractivity contribution < 1.29 is 14.4 Å². The van der Waals surface area contributed by atoms with E-state index >= 15 is 0 Å². The smallest absolute Gasteiger partial charge is 0.256 e. The van der Waals surface area contributed by atoms with Gasteiger partial charge in [0, 0.05) is 18.5 Å². The quantitative estimate of drug-likeness (QED) is 0.461. The number of carbonyl (C=O) groups excluding carboxylic acids is 3. The van der Waals surface area contributed by atoms with Crippen LogP contribution < -0.4 is 5.32 Å². The summed E-state index contributed by atoms with van der Waals surface area (Å²) in [6.45, 7) is 0.0931. The number of nitrogens with zero attached hydrogens (tertiary/aromatic N) is 1. The number of piperidine rings is 1. The first-order valence-corrected chi connectivity index (χ1v) is 7.83. The number of hydrogen-bond donors (Lipinski definition) is 1. The van der Waals surface area contributed by atoms with Crippen LogP contribution in [0.4, 0.5) is 0 Å². The van der Waals surface area contributed by atoms with Gasteiger partial charge in [0.15, 0.2) is 0 Å². The van der Waals surface area contributed by atoms with Gasteiger partial charge in [-0.1, -0.05) is 46.4 Å². The van der Waals surface area contributed by atoms with E-state index in [-0.39, 0.29) is 50.9 Å². The van der Waals surface area contributed by atoms with Crippen molar-refractivity contribution in [1.82, 2.24) is 10.2 Å². The van der Waals surface area contributed by atoms with Gasteiger partial charge in [-0.25, -0.2) is 0 Å². The number of nitrogens with one attached hydrogen (secondary N) is 1. The van der Waals surface area contributed by atoms with E-state index in [1.807, 2.05) is 0 Å². The van der Waals surface area contributed by atoms with Crippen LogP contribution in [0.15, 0.2) is 0 Å². The minimum Gasteiger partial charge on any atom is -0.322 e. The zero-order valence-corrected chi connectivity index (χ0v) is 13.9. The second-order valence-corrected chi connectivity index (χ2v) is 6.52. The van der Waals surface area contributed by atoms with Crippen molar-refractivity contribution in [3.63, 3.8) is 0 Å².